The molecule has 2 aliphatic heterocycles. The number of nitrogens with zero attached hydrogens (tertiary/aromatic N) is 2. The molecule has 0 spiro atoms. The number of carboxylic acids is 1. The lowest BCUT2D eigenvalue weighted by Gasteiger charge is -2.26. The van der Waals surface area contributed by atoms with Crippen LogP contribution in [0.15, 0.2) is 0 Å². The highest BCUT2D eigenvalue weighted by Crippen LogP contribution is 2.20. The summed E-state index contributed by atoms with van der Waals surface area (Å²) < 4.78 is 0. The van der Waals surface area contributed by atoms with Gasteiger partial charge in [0.05, 0.1) is 6.42 Å². The molecule has 120 valence electrons. The summed E-state index contributed by atoms with van der Waals surface area (Å²) in [6.07, 6.45) is 3.53. The first-order valence-electron chi connectivity index (χ1n) is 7.98. The van der Waals surface area contributed by atoms with Crippen LogP contribution in [0.2, 0.25) is 0 Å². The average Bonchev–Trinajstić information content (AvgIpc) is 3.08. The molecular weight excluding hydrogens is 270 g/mol. The van der Waals surface area contributed by atoms with E-state index in [1.165, 1.54) is 12.8 Å². The van der Waals surface area contributed by atoms with Gasteiger partial charge >= 0.3 is 12.0 Å². The average molecular weight is 297 g/mol. The summed E-state index contributed by atoms with van der Waals surface area (Å²) in [4.78, 5) is 27.5. The quantitative estimate of drug-likeness (QED) is 0.804. The molecule has 21 heavy (non-hydrogen) atoms. The summed E-state index contributed by atoms with van der Waals surface area (Å²) in [6.45, 7) is 7.70. The molecule has 2 heterocycles. The maximum absolute atomic E-state index is 12.3. The van der Waals surface area contributed by atoms with Gasteiger partial charge in [-0.05, 0) is 38.3 Å². The highest BCUT2D eigenvalue weighted by Gasteiger charge is 2.32. The Morgan fingerprint density at radius 3 is 2.48 bits per heavy atom. The van der Waals surface area contributed by atoms with Crippen LogP contribution in [0, 0.1) is 5.92 Å². The van der Waals surface area contributed by atoms with Crippen molar-refractivity contribution in [2.24, 2.45) is 5.92 Å². The van der Waals surface area contributed by atoms with Gasteiger partial charge in [-0.2, -0.15) is 0 Å². The normalized spacial score (nSPS) is 24.5. The second-order valence-corrected chi connectivity index (χ2v) is 6.53. The first kappa shape index (κ1) is 16.1. The summed E-state index contributed by atoms with van der Waals surface area (Å²) in [5, 5.41) is 11.8. The molecule has 2 rings (SSSR count). The first-order valence-corrected chi connectivity index (χ1v) is 7.98. The van der Waals surface area contributed by atoms with Gasteiger partial charge in [-0.15, -0.1) is 0 Å². The molecule has 6 nitrogen and oxygen atoms in total. The summed E-state index contributed by atoms with van der Waals surface area (Å²) in [6, 6.07) is 0.0627. The Morgan fingerprint density at radius 1 is 1.24 bits per heavy atom. The molecule has 0 aromatic carbocycles. The Morgan fingerprint density at radius 2 is 1.90 bits per heavy atom. The molecule has 2 fully saturated rings. The number of nitrogens with one attached hydrogen (secondary N) is 1. The highest BCUT2D eigenvalue weighted by atomic mass is 16.4. The maximum Gasteiger partial charge on any atom is 0.317 e. The van der Waals surface area contributed by atoms with E-state index in [-0.39, 0.29) is 24.4 Å². The number of rotatable bonds is 5. The van der Waals surface area contributed by atoms with Crippen LogP contribution in [0.3, 0.4) is 0 Å². The predicted molar refractivity (Wildman–Crippen MR) is 80.2 cm³/mol. The molecule has 0 aliphatic carbocycles. The summed E-state index contributed by atoms with van der Waals surface area (Å²) in [5.74, 6) is -0.757. The van der Waals surface area contributed by atoms with Crippen LogP contribution in [0.25, 0.3) is 0 Å². The number of aliphatic carboxylic acids is 1. The largest absolute Gasteiger partial charge is 0.481 e. The Hall–Kier alpha value is -1.30. The molecule has 2 amide bonds. The predicted octanol–water partition coefficient (Wildman–Crippen LogP) is 1.37. The highest BCUT2D eigenvalue weighted by molar-refractivity contribution is 5.76. The molecule has 6 heteroatoms. The molecule has 0 aromatic heterocycles. The van der Waals surface area contributed by atoms with Gasteiger partial charge in [0.25, 0.3) is 0 Å². The number of amides is 2. The Bertz CT molecular complexity index is 380. The number of hydrogen-bond acceptors (Lipinski definition) is 3. The Kier molecular flexibility index (Phi) is 5.45. The lowest BCUT2D eigenvalue weighted by Crippen LogP contribution is -2.47. The van der Waals surface area contributed by atoms with Crippen molar-refractivity contribution >= 4 is 12.0 Å². The van der Waals surface area contributed by atoms with Gasteiger partial charge in [-0.1, -0.05) is 13.8 Å². The molecule has 2 N–H and O–H groups in total. The van der Waals surface area contributed by atoms with Crippen LogP contribution in [-0.2, 0) is 4.79 Å². The van der Waals surface area contributed by atoms with Crippen LogP contribution in [-0.4, -0.2) is 65.2 Å². The fraction of sp³-hybridized carbons (Fsp3) is 0.867. The van der Waals surface area contributed by atoms with Crippen LogP contribution in [0.4, 0.5) is 4.79 Å². The number of carbonyl (C=O) groups excluding carboxylic acids is 1. The topological polar surface area (TPSA) is 72.9 Å². The lowest BCUT2D eigenvalue weighted by atomic mass is 10.0. The minimum absolute atomic E-state index is 0.0210. The third-order valence-electron chi connectivity index (χ3n) is 4.62. The van der Waals surface area contributed by atoms with Crippen LogP contribution in [0.1, 0.15) is 39.5 Å². The minimum atomic E-state index is -0.870. The minimum Gasteiger partial charge on any atom is -0.481 e. The second-order valence-electron chi connectivity index (χ2n) is 6.53. The Balaban J connectivity index is 1.83. The molecule has 2 unspecified atom stereocenters. The molecule has 2 saturated heterocycles. The van der Waals surface area contributed by atoms with Crippen molar-refractivity contribution in [2.45, 2.75) is 51.6 Å². The molecule has 2 atom stereocenters. The maximum atomic E-state index is 12.3. The zero-order chi connectivity index (χ0) is 15.4. The van der Waals surface area contributed by atoms with Crippen LogP contribution < -0.4 is 5.32 Å². The smallest absolute Gasteiger partial charge is 0.317 e. The van der Waals surface area contributed by atoms with Crippen molar-refractivity contribution in [3.05, 3.63) is 0 Å². The lowest BCUT2D eigenvalue weighted by molar-refractivity contribution is -0.137. The van der Waals surface area contributed by atoms with Crippen molar-refractivity contribution in [1.82, 2.24) is 15.1 Å². The van der Waals surface area contributed by atoms with E-state index < -0.39 is 5.97 Å². The van der Waals surface area contributed by atoms with Crippen molar-refractivity contribution in [1.29, 1.82) is 0 Å². The number of urea groups is 1. The van der Waals surface area contributed by atoms with Crippen molar-refractivity contribution in [2.75, 3.05) is 26.2 Å². The molecule has 0 bridgehead atoms. The van der Waals surface area contributed by atoms with Gasteiger partial charge in [0.1, 0.15) is 0 Å². The van der Waals surface area contributed by atoms with Gasteiger partial charge in [-0.25, -0.2) is 4.79 Å². The standard InChI is InChI=1S/C15H27N3O3/c1-11(2)13(9-14(19)20)16-15(21)18-8-5-12(10-18)17-6-3-4-7-17/h11-13H,3-10H2,1-2H3,(H,16,21)(H,19,20). The van der Waals surface area contributed by atoms with E-state index in [2.05, 4.69) is 10.2 Å². The van der Waals surface area contributed by atoms with Crippen LogP contribution in [0.5, 0.6) is 0 Å². The van der Waals surface area contributed by atoms with E-state index in [1.54, 1.807) is 0 Å². The van der Waals surface area contributed by atoms with Gasteiger partial charge in [0.2, 0.25) is 0 Å². The number of hydrogen-bond donors (Lipinski definition) is 2. The summed E-state index contributed by atoms with van der Waals surface area (Å²) in [5.41, 5.74) is 0. The van der Waals surface area contributed by atoms with Crippen molar-refractivity contribution < 1.29 is 14.7 Å². The monoisotopic (exact) mass is 297 g/mol. The summed E-state index contributed by atoms with van der Waals surface area (Å²) in [7, 11) is 0. The SMILES string of the molecule is CC(C)C(CC(=O)O)NC(=O)N1CCC(N2CCCC2)C1. The van der Waals surface area contributed by atoms with Gasteiger partial charge in [-0.3, -0.25) is 9.69 Å². The van der Waals surface area contributed by atoms with E-state index in [9.17, 15) is 9.59 Å². The van der Waals surface area contributed by atoms with Gasteiger partial charge in [0.15, 0.2) is 0 Å². The third-order valence-corrected chi connectivity index (χ3v) is 4.62. The number of carbonyl (C=O) groups is 2. The first-order chi connectivity index (χ1) is 9.97. The zero-order valence-corrected chi connectivity index (χ0v) is 13.0. The van der Waals surface area contributed by atoms with E-state index >= 15 is 0 Å². The van der Waals surface area contributed by atoms with Crippen molar-refractivity contribution in [3.8, 4) is 0 Å². The van der Waals surface area contributed by atoms with E-state index in [4.69, 9.17) is 5.11 Å². The Labute approximate surface area is 126 Å². The number of likely N-dealkylation sites (tertiary alicyclic amines) is 2. The van der Waals surface area contributed by atoms with Crippen LogP contribution >= 0.6 is 0 Å². The molecule has 0 aromatic rings. The van der Waals surface area contributed by atoms with Crippen molar-refractivity contribution in [3.63, 3.8) is 0 Å². The molecule has 0 radical (unpaired) electrons. The fourth-order valence-corrected chi connectivity index (χ4v) is 3.22. The molecule has 2 aliphatic rings. The van der Waals surface area contributed by atoms with E-state index in [1.807, 2.05) is 18.7 Å². The number of carboxylic acid groups (broad SMARTS) is 1. The van der Waals surface area contributed by atoms with E-state index in [0.29, 0.717) is 6.04 Å². The third kappa shape index (κ3) is 4.33. The van der Waals surface area contributed by atoms with Gasteiger partial charge < -0.3 is 15.3 Å². The second kappa shape index (κ2) is 7.11. The van der Waals surface area contributed by atoms with E-state index in [0.717, 1.165) is 32.6 Å². The zero-order valence-electron chi connectivity index (χ0n) is 13.0. The fourth-order valence-electron chi connectivity index (χ4n) is 3.22. The van der Waals surface area contributed by atoms with Gasteiger partial charge in [0, 0.05) is 25.2 Å². The molecule has 0 saturated carbocycles. The summed E-state index contributed by atoms with van der Waals surface area (Å²) >= 11 is 0. The molecular formula is C15H27N3O3.